The van der Waals surface area contributed by atoms with Crippen LogP contribution >= 0.6 is 23.2 Å². The van der Waals surface area contributed by atoms with Crippen LogP contribution in [0.15, 0.2) is 12.1 Å². The summed E-state index contributed by atoms with van der Waals surface area (Å²) in [5, 5.41) is 9.76. The summed E-state index contributed by atoms with van der Waals surface area (Å²) >= 11 is 11.0. The molecule has 0 N–H and O–H groups in total. The molecule has 0 aromatic heterocycles. The first-order chi connectivity index (χ1) is 7.47. The van der Waals surface area contributed by atoms with E-state index in [1.165, 1.54) is 13.2 Å². The molecule has 0 aliphatic heterocycles. The highest BCUT2D eigenvalue weighted by Gasteiger charge is 2.19. The first-order valence-corrected chi connectivity index (χ1v) is 4.88. The van der Waals surface area contributed by atoms with E-state index in [0.29, 0.717) is 5.56 Å². The Morgan fingerprint density at radius 2 is 2.19 bits per heavy atom. The Morgan fingerprint density at radius 3 is 2.62 bits per heavy atom. The lowest BCUT2D eigenvalue weighted by Crippen LogP contribution is -2.01. The van der Waals surface area contributed by atoms with Crippen molar-refractivity contribution in [3.63, 3.8) is 0 Å². The van der Waals surface area contributed by atoms with Gasteiger partial charge in [0.15, 0.2) is 0 Å². The third kappa shape index (κ3) is 2.69. The fourth-order valence-electron chi connectivity index (χ4n) is 1.20. The summed E-state index contributed by atoms with van der Waals surface area (Å²) in [6.45, 7) is 0.103. The third-order valence-corrected chi connectivity index (χ3v) is 2.39. The number of ether oxygens (including phenoxy) is 1. The highest BCUT2D eigenvalue weighted by atomic mass is 35.5. The van der Waals surface area contributed by atoms with E-state index >= 15 is 0 Å². The van der Waals surface area contributed by atoms with Crippen LogP contribution in [0.1, 0.15) is 15.9 Å². The molecule has 7 heteroatoms. The van der Waals surface area contributed by atoms with Crippen molar-refractivity contribution in [2.24, 2.45) is 0 Å². The molecule has 0 saturated heterocycles. The maximum Gasteiger partial charge on any atom is 0.288 e. The van der Waals surface area contributed by atoms with Gasteiger partial charge in [-0.05, 0) is 23.2 Å². The number of carbonyl (C=O) groups excluding carboxylic acids is 1. The summed E-state index contributed by atoms with van der Waals surface area (Å²) in [5.41, 5.74) is 0.0863. The van der Waals surface area contributed by atoms with Crippen molar-refractivity contribution in [3.05, 3.63) is 38.4 Å². The Balaban J connectivity index is 3.36. The van der Waals surface area contributed by atoms with Crippen LogP contribution in [0.2, 0.25) is 5.02 Å². The second-order valence-electron chi connectivity index (χ2n) is 2.92. The van der Waals surface area contributed by atoms with Crippen LogP contribution in [0.5, 0.6) is 0 Å². The van der Waals surface area contributed by atoms with Crippen molar-refractivity contribution < 1.29 is 14.5 Å². The van der Waals surface area contributed by atoms with Crippen molar-refractivity contribution >= 4 is 34.1 Å². The van der Waals surface area contributed by atoms with Crippen molar-refractivity contribution in [3.8, 4) is 0 Å². The number of rotatable bonds is 4. The molecule has 5 nitrogen and oxygen atoms in total. The normalized spacial score (nSPS) is 10.2. The molecule has 0 fully saturated rings. The number of hydrogen-bond donors (Lipinski definition) is 0. The van der Waals surface area contributed by atoms with Gasteiger partial charge in [-0.2, -0.15) is 0 Å². The van der Waals surface area contributed by atoms with E-state index in [1.54, 1.807) is 0 Å². The Labute approximate surface area is 101 Å². The predicted octanol–water partition coefficient (Wildman–Crippen LogP) is 2.77. The Kier molecular flexibility index (Phi) is 4.23. The predicted molar refractivity (Wildman–Crippen MR) is 59.0 cm³/mol. The average Bonchev–Trinajstić information content (AvgIpc) is 2.17. The molecule has 86 valence electrons. The Morgan fingerprint density at radius 1 is 1.56 bits per heavy atom. The van der Waals surface area contributed by atoms with Gasteiger partial charge in [-0.1, -0.05) is 11.6 Å². The molecule has 0 aliphatic rings. The van der Waals surface area contributed by atoms with Crippen LogP contribution in [0.25, 0.3) is 0 Å². The summed E-state index contributed by atoms with van der Waals surface area (Å²) in [7, 11) is 1.43. The van der Waals surface area contributed by atoms with Gasteiger partial charge in [0.1, 0.15) is 5.02 Å². The number of carbonyl (C=O) groups is 1. The van der Waals surface area contributed by atoms with E-state index in [4.69, 9.17) is 27.9 Å². The van der Waals surface area contributed by atoms with Crippen LogP contribution < -0.4 is 0 Å². The lowest BCUT2D eigenvalue weighted by atomic mass is 10.1. The number of benzene rings is 1. The highest BCUT2D eigenvalue weighted by Crippen LogP contribution is 2.29. The average molecular weight is 264 g/mol. The smallest absolute Gasteiger partial charge is 0.288 e. The van der Waals surface area contributed by atoms with Gasteiger partial charge in [-0.15, -0.1) is 0 Å². The first-order valence-electron chi connectivity index (χ1n) is 4.13. The summed E-state index contributed by atoms with van der Waals surface area (Å²) in [5.74, 6) is 0. The molecule has 1 aromatic carbocycles. The molecule has 1 rings (SSSR count). The molecule has 0 unspecified atom stereocenters. The molecule has 0 atom stereocenters. The zero-order valence-electron chi connectivity index (χ0n) is 8.20. The fourth-order valence-corrected chi connectivity index (χ4v) is 1.63. The molecule has 0 aliphatic carbocycles. The molecule has 0 bridgehead atoms. The van der Waals surface area contributed by atoms with Crippen molar-refractivity contribution in [2.75, 3.05) is 7.11 Å². The SMILES string of the molecule is COCc1cc(Cl)c([N+](=O)[O-])cc1C(=O)Cl. The minimum Gasteiger partial charge on any atom is -0.380 e. The van der Waals surface area contributed by atoms with Crippen LogP contribution in [0.4, 0.5) is 5.69 Å². The van der Waals surface area contributed by atoms with Gasteiger partial charge in [0.2, 0.25) is 0 Å². The minimum absolute atomic E-state index is 0.0274. The molecule has 0 spiro atoms. The van der Waals surface area contributed by atoms with Crippen LogP contribution in [-0.2, 0) is 11.3 Å². The van der Waals surface area contributed by atoms with Gasteiger partial charge in [0.25, 0.3) is 10.9 Å². The lowest BCUT2D eigenvalue weighted by molar-refractivity contribution is -0.384. The highest BCUT2D eigenvalue weighted by molar-refractivity contribution is 6.68. The van der Waals surface area contributed by atoms with Crippen molar-refractivity contribution in [1.82, 2.24) is 0 Å². The maximum absolute atomic E-state index is 11.1. The standard InChI is InChI=1S/C9H7Cl2NO4/c1-16-4-5-2-7(10)8(12(14)15)3-6(5)9(11)13/h2-3H,4H2,1H3. The summed E-state index contributed by atoms with van der Waals surface area (Å²) in [6.07, 6.45) is 0. The number of nitro benzene ring substituents is 1. The third-order valence-electron chi connectivity index (χ3n) is 1.88. The van der Waals surface area contributed by atoms with Crippen molar-refractivity contribution in [1.29, 1.82) is 0 Å². The minimum atomic E-state index is -0.785. The largest absolute Gasteiger partial charge is 0.380 e. The number of halogens is 2. The van der Waals surface area contributed by atoms with E-state index in [9.17, 15) is 14.9 Å². The first kappa shape index (κ1) is 12.9. The zero-order valence-corrected chi connectivity index (χ0v) is 9.71. The van der Waals surface area contributed by atoms with E-state index in [0.717, 1.165) is 6.07 Å². The maximum atomic E-state index is 11.1. The second-order valence-corrected chi connectivity index (χ2v) is 3.68. The van der Waals surface area contributed by atoms with E-state index in [-0.39, 0.29) is 22.9 Å². The molecular formula is C9H7Cl2NO4. The van der Waals surface area contributed by atoms with Gasteiger partial charge < -0.3 is 4.74 Å². The topological polar surface area (TPSA) is 69.4 Å². The number of nitrogens with zero attached hydrogens (tertiary/aromatic N) is 1. The van der Waals surface area contributed by atoms with Gasteiger partial charge in [0, 0.05) is 18.7 Å². The molecule has 0 saturated carbocycles. The molecule has 16 heavy (non-hydrogen) atoms. The number of nitro groups is 1. The van der Waals surface area contributed by atoms with E-state index in [1.807, 2.05) is 0 Å². The van der Waals surface area contributed by atoms with E-state index < -0.39 is 10.2 Å². The number of methoxy groups -OCH3 is 1. The summed E-state index contributed by atoms with van der Waals surface area (Å²) < 4.78 is 4.83. The van der Waals surface area contributed by atoms with Crippen LogP contribution in [0.3, 0.4) is 0 Å². The molecule has 0 heterocycles. The van der Waals surface area contributed by atoms with Gasteiger partial charge in [0.05, 0.1) is 11.5 Å². The van der Waals surface area contributed by atoms with Crippen LogP contribution in [-0.4, -0.2) is 17.3 Å². The molecule has 1 aromatic rings. The Hall–Kier alpha value is -1.17. The van der Waals surface area contributed by atoms with Gasteiger partial charge in [-0.25, -0.2) is 0 Å². The fraction of sp³-hybridized carbons (Fsp3) is 0.222. The summed E-state index contributed by atoms with van der Waals surface area (Å²) in [6, 6.07) is 2.35. The van der Waals surface area contributed by atoms with Crippen molar-refractivity contribution in [2.45, 2.75) is 6.61 Å². The number of hydrogen-bond acceptors (Lipinski definition) is 4. The molecular weight excluding hydrogens is 257 g/mol. The lowest BCUT2D eigenvalue weighted by Gasteiger charge is -2.06. The molecule has 0 amide bonds. The Bertz CT molecular complexity index is 447. The zero-order chi connectivity index (χ0) is 12.3. The second kappa shape index (κ2) is 5.25. The van der Waals surface area contributed by atoms with Gasteiger partial charge in [-0.3, -0.25) is 14.9 Å². The van der Waals surface area contributed by atoms with Crippen LogP contribution in [0, 0.1) is 10.1 Å². The van der Waals surface area contributed by atoms with Gasteiger partial charge >= 0.3 is 0 Å². The summed E-state index contributed by atoms with van der Waals surface area (Å²) in [4.78, 5) is 21.0. The quantitative estimate of drug-likeness (QED) is 0.476. The monoisotopic (exact) mass is 263 g/mol. The van der Waals surface area contributed by atoms with E-state index in [2.05, 4.69) is 0 Å². The molecule has 0 radical (unpaired) electrons.